The van der Waals surface area contributed by atoms with Crippen LogP contribution in [0.5, 0.6) is 0 Å². The van der Waals surface area contributed by atoms with Crippen LogP contribution >= 0.6 is 0 Å². The molecule has 0 aliphatic rings. The lowest BCUT2D eigenvalue weighted by Crippen LogP contribution is -2.12. The van der Waals surface area contributed by atoms with E-state index in [1.54, 1.807) is 0 Å². The van der Waals surface area contributed by atoms with Crippen LogP contribution in [0.3, 0.4) is 0 Å². The molecule has 2 aromatic rings. The smallest absolute Gasteiger partial charge is 0.132 e. The fourth-order valence-electron chi connectivity index (χ4n) is 3.89. The van der Waals surface area contributed by atoms with Gasteiger partial charge in [0.15, 0.2) is 0 Å². The number of rotatable bonds is 8. The lowest BCUT2D eigenvalue weighted by atomic mass is 9.84. The third-order valence-electron chi connectivity index (χ3n) is 6.23. The van der Waals surface area contributed by atoms with Crippen molar-refractivity contribution in [3.63, 3.8) is 0 Å². The highest BCUT2D eigenvalue weighted by Gasteiger charge is 2.16. The fraction of sp³-hybridized carbons (Fsp3) is 0.552. The zero-order valence-electron chi connectivity index (χ0n) is 20.6. The molecule has 164 valence electrons. The van der Waals surface area contributed by atoms with Crippen LogP contribution in [0.4, 0.5) is 0 Å². The Hall–Kier alpha value is -1.89. The number of aryl methyl sites for hydroxylation is 4. The number of carbonyl (C=O) groups is 1. The van der Waals surface area contributed by atoms with Crippen LogP contribution < -0.4 is 0 Å². The molecule has 0 aliphatic carbocycles. The van der Waals surface area contributed by atoms with E-state index in [4.69, 9.17) is 0 Å². The van der Waals surface area contributed by atoms with Gasteiger partial charge in [-0.1, -0.05) is 77.9 Å². The summed E-state index contributed by atoms with van der Waals surface area (Å²) in [6, 6.07) is 13.6. The van der Waals surface area contributed by atoms with Crippen molar-refractivity contribution in [2.24, 2.45) is 0 Å². The summed E-state index contributed by atoms with van der Waals surface area (Å²) in [5.41, 5.74) is 8.55. The van der Waals surface area contributed by atoms with E-state index in [9.17, 15) is 4.79 Å². The monoisotopic (exact) mass is 406 g/mol. The fourth-order valence-corrected chi connectivity index (χ4v) is 3.89. The number of ketones is 1. The average molecular weight is 407 g/mol. The molecule has 0 bridgehead atoms. The number of Topliss-reactive ketones (excluding diaryl/α,β-unsaturated/α-hetero) is 1. The quantitative estimate of drug-likeness (QED) is 0.437. The van der Waals surface area contributed by atoms with E-state index in [0.29, 0.717) is 18.6 Å². The first kappa shape index (κ1) is 24.4. The minimum absolute atomic E-state index is 0.167. The molecule has 0 radical (unpaired) electrons. The largest absolute Gasteiger partial charge is 0.300 e. The minimum atomic E-state index is 0.167. The Bertz CT molecular complexity index is 787. The molecule has 0 fully saturated rings. The molecule has 0 saturated heterocycles. The number of carbonyl (C=O) groups excluding carboxylic acids is 1. The van der Waals surface area contributed by atoms with E-state index >= 15 is 0 Å². The van der Waals surface area contributed by atoms with Crippen molar-refractivity contribution in [1.29, 1.82) is 0 Å². The van der Waals surface area contributed by atoms with E-state index in [2.05, 4.69) is 91.8 Å². The normalized spacial score (nSPS) is 12.3. The summed E-state index contributed by atoms with van der Waals surface area (Å²) in [5.74, 6) is 0.407. The molecule has 0 aromatic heterocycles. The van der Waals surface area contributed by atoms with Crippen molar-refractivity contribution < 1.29 is 4.79 Å². The van der Waals surface area contributed by atoms with Crippen LogP contribution in [0.25, 0.3) is 0 Å². The van der Waals surface area contributed by atoms with Gasteiger partial charge in [-0.05, 0) is 83.7 Å². The SMILES string of the molecule is Cc1ccc(C(C)(C)C)cc1CCCC(=O)CCCc1cc(C(C)(C)C)ccc1C. The molecular formula is C29H42O. The first-order chi connectivity index (χ1) is 13.9. The first-order valence-electron chi connectivity index (χ1n) is 11.6. The predicted octanol–water partition coefficient (Wildman–Crippen LogP) is 7.81. The molecule has 0 spiro atoms. The maximum absolute atomic E-state index is 12.4. The van der Waals surface area contributed by atoms with Crippen LogP contribution in [0.2, 0.25) is 0 Å². The Morgan fingerprint density at radius 1 is 0.667 bits per heavy atom. The Balaban J connectivity index is 1.83. The maximum atomic E-state index is 12.4. The highest BCUT2D eigenvalue weighted by molar-refractivity contribution is 5.78. The highest BCUT2D eigenvalue weighted by Crippen LogP contribution is 2.26. The molecule has 0 heterocycles. The summed E-state index contributed by atoms with van der Waals surface area (Å²) >= 11 is 0. The average Bonchev–Trinajstić information content (AvgIpc) is 2.63. The lowest BCUT2D eigenvalue weighted by Gasteiger charge is -2.21. The van der Waals surface area contributed by atoms with Crippen LogP contribution in [0.1, 0.15) is 101 Å². The van der Waals surface area contributed by atoms with Crippen molar-refractivity contribution in [3.8, 4) is 0 Å². The molecule has 0 saturated carbocycles. The van der Waals surface area contributed by atoms with Crippen molar-refractivity contribution in [2.75, 3.05) is 0 Å². The van der Waals surface area contributed by atoms with Crippen LogP contribution in [0, 0.1) is 13.8 Å². The molecule has 0 amide bonds. The van der Waals surface area contributed by atoms with Crippen molar-refractivity contribution in [2.45, 2.75) is 105 Å². The van der Waals surface area contributed by atoms with Crippen molar-refractivity contribution >= 4 is 5.78 Å². The first-order valence-corrected chi connectivity index (χ1v) is 11.6. The van der Waals surface area contributed by atoms with Crippen molar-refractivity contribution in [1.82, 2.24) is 0 Å². The predicted molar refractivity (Wildman–Crippen MR) is 131 cm³/mol. The molecule has 2 rings (SSSR count). The highest BCUT2D eigenvalue weighted by atomic mass is 16.1. The number of hydrogen-bond acceptors (Lipinski definition) is 1. The molecular weight excluding hydrogens is 364 g/mol. The Morgan fingerprint density at radius 2 is 1.03 bits per heavy atom. The maximum Gasteiger partial charge on any atom is 0.132 e. The molecule has 2 aromatic carbocycles. The van der Waals surface area contributed by atoms with Gasteiger partial charge in [-0.3, -0.25) is 4.79 Å². The van der Waals surface area contributed by atoms with E-state index in [-0.39, 0.29) is 10.8 Å². The second kappa shape index (κ2) is 9.94. The molecule has 1 heteroatoms. The van der Waals surface area contributed by atoms with Gasteiger partial charge in [0.1, 0.15) is 5.78 Å². The van der Waals surface area contributed by atoms with Crippen LogP contribution in [-0.4, -0.2) is 5.78 Å². The molecule has 0 N–H and O–H groups in total. The van der Waals surface area contributed by atoms with Gasteiger partial charge in [-0.25, -0.2) is 0 Å². The molecule has 1 nitrogen and oxygen atoms in total. The Morgan fingerprint density at radius 3 is 1.37 bits per heavy atom. The van der Waals surface area contributed by atoms with E-state index < -0.39 is 0 Å². The van der Waals surface area contributed by atoms with Gasteiger partial charge in [0.2, 0.25) is 0 Å². The van der Waals surface area contributed by atoms with Crippen molar-refractivity contribution in [3.05, 3.63) is 69.8 Å². The van der Waals surface area contributed by atoms with E-state index in [0.717, 1.165) is 25.7 Å². The van der Waals surface area contributed by atoms with E-state index in [1.807, 2.05) is 0 Å². The zero-order chi connectivity index (χ0) is 22.5. The molecule has 30 heavy (non-hydrogen) atoms. The van der Waals surface area contributed by atoms with Gasteiger partial charge in [-0.15, -0.1) is 0 Å². The summed E-state index contributed by atoms with van der Waals surface area (Å²) < 4.78 is 0. The zero-order valence-corrected chi connectivity index (χ0v) is 20.6. The van der Waals surface area contributed by atoms with Gasteiger partial charge < -0.3 is 0 Å². The Labute approximate surface area is 185 Å². The summed E-state index contributed by atoms with van der Waals surface area (Å²) in [6.45, 7) is 17.9. The summed E-state index contributed by atoms with van der Waals surface area (Å²) in [6.07, 6.45) is 5.28. The Kier molecular flexibility index (Phi) is 8.08. The second-order valence-corrected chi connectivity index (χ2v) is 11.0. The van der Waals surface area contributed by atoms with Gasteiger partial charge in [0.05, 0.1) is 0 Å². The third-order valence-corrected chi connectivity index (χ3v) is 6.23. The van der Waals surface area contributed by atoms with Crippen LogP contribution in [-0.2, 0) is 28.5 Å². The summed E-state index contributed by atoms with van der Waals surface area (Å²) in [4.78, 5) is 12.4. The standard InChI is InChI=1S/C29H42O/c1-21-15-17-25(28(3,4)5)19-23(21)11-9-13-27(30)14-10-12-24-20-26(29(6,7)8)18-16-22(24)2/h15-20H,9-14H2,1-8H3. The topological polar surface area (TPSA) is 17.1 Å². The van der Waals surface area contributed by atoms with Crippen LogP contribution in [0.15, 0.2) is 36.4 Å². The number of hydrogen-bond donors (Lipinski definition) is 0. The minimum Gasteiger partial charge on any atom is -0.300 e. The number of benzene rings is 2. The summed E-state index contributed by atoms with van der Waals surface area (Å²) in [5, 5.41) is 0. The third kappa shape index (κ3) is 7.11. The van der Waals surface area contributed by atoms with Gasteiger partial charge in [0, 0.05) is 12.8 Å². The lowest BCUT2D eigenvalue weighted by molar-refractivity contribution is -0.119. The van der Waals surface area contributed by atoms with Gasteiger partial charge in [-0.2, -0.15) is 0 Å². The van der Waals surface area contributed by atoms with E-state index in [1.165, 1.54) is 33.4 Å². The van der Waals surface area contributed by atoms with Gasteiger partial charge in [0.25, 0.3) is 0 Å². The summed E-state index contributed by atoms with van der Waals surface area (Å²) in [7, 11) is 0. The second-order valence-electron chi connectivity index (χ2n) is 11.0. The molecule has 0 atom stereocenters. The van der Waals surface area contributed by atoms with Gasteiger partial charge >= 0.3 is 0 Å². The molecule has 0 aliphatic heterocycles. The molecule has 0 unspecified atom stereocenters.